The second-order valence-corrected chi connectivity index (χ2v) is 5.72. The molecule has 2 heterocycles. The summed E-state index contributed by atoms with van der Waals surface area (Å²) in [4.78, 5) is 14.3. The largest absolute Gasteiger partial charge is 0.390 e. The summed E-state index contributed by atoms with van der Waals surface area (Å²) in [6, 6.07) is 0. The van der Waals surface area contributed by atoms with Crippen LogP contribution in [0.5, 0.6) is 0 Å². The zero-order valence-electron chi connectivity index (χ0n) is 10.7. The molecule has 4 nitrogen and oxygen atoms in total. The highest BCUT2D eigenvalue weighted by Gasteiger charge is 2.30. The fourth-order valence-corrected chi connectivity index (χ4v) is 2.80. The standard InChI is InChI=1S/C13H24N2O2/c1-13(17)5-3-8-15(9-6-13)12(16)11-4-2-7-14-10-11/h11,14,17H,2-10H2,1H3/t11-,13?/m0/s1. The number of rotatable bonds is 1. The Morgan fingerprint density at radius 2 is 2.18 bits per heavy atom. The first-order valence-corrected chi connectivity index (χ1v) is 6.80. The number of hydrogen-bond acceptors (Lipinski definition) is 3. The minimum atomic E-state index is -0.583. The Kier molecular flexibility index (Phi) is 4.05. The van der Waals surface area contributed by atoms with Crippen molar-refractivity contribution in [3.63, 3.8) is 0 Å². The minimum absolute atomic E-state index is 0.159. The van der Waals surface area contributed by atoms with Crippen molar-refractivity contribution in [2.24, 2.45) is 5.92 Å². The van der Waals surface area contributed by atoms with Crippen molar-refractivity contribution in [2.75, 3.05) is 26.2 Å². The van der Waals surface area contributed by atoms with Crippen molar-refractivity contribution < 1.29 is 9.90 Å². The van der Waals surface area contributed by atoms with Gasteiger partial charge in [0.25, 0.3) is 0 Å². The van der Waals surface area contributed by atoms with E-state index in [9.17, 15) is 9.90 Å². The number of carbonyl (C=O) groups excluding carboxylic acids is 1. The van der Waals surface area contributed by atoms with Crippen LogP contribution < -0.4 is 5.32 Å². The van der Waals surface area contributed by atoms with Crippen molar-refractivity contribution in [2.45, 2.75) is 44.6 Å². The van der Waals surface area contributed by atoms with Gasteiger partial charge in [-0.15, -0.1) is 0 Å². The predicted molar refractivity (Wildman–Crippen MR) is 66.6 cm³/mol. The van der Waals surface area contributed by atoms with Crippen molar-refractivity contribution in [3.8, 4) is 0 Å². The van der Waals surface area contributed by atoms with Crippen molar-refractivity contribution in [3.05, 3.63) is 0 Å². The van der Waals surface area contributed by atoms with Gasteiger partial charge in [0.15, 0.2) is 0 Å². The van der Waals surface area contributed by atoms with E-state index in [1.807, 2.05) is 11.8 Å². The first-order chi connectivity index (χ1) is 8.08. The van der Waals surface area contributed by atoms with Gasteiger partial charge in [0.1, 0.15) is 0 Å². The zero-order chi connectivity index (χ0) is 12.3. The van der Waals surface area contributed by atoms with Crippen LogP contribution in [0.4, 0.5) is 0 Å². The Balaban J connectivity index is 1.90. The highest BCUT2D eigenvalue weighted by Crippen LogP contribution is 2.23. The lowest BCUT2D eigenvalue weighted by atomic mass is 9.97. The number of likely N-dealkylation sites (tertiary alicyclic amines) is 1. The molecule has 2 aliphatic rings. The van der Waals surface area contributed by atoms with Gasteiger partial charge < -0.3 is 15.3 Å². The number of amides is 1. The van der Waals surface area contributed by atoms with E-state index in [0.717, 1.165) is 45.3 Å². The molecule has 0 saturated carbocycles. The van der Waals surface area contributed by atoms with Crippen LogP contribution in [0.15, 0.2) is 0 Å². The molecule has 2 N–H and O–H groups in total. The average molecular weight is 240 g/mol. The summed E-state index contributed by atoms with van der Waals surface area (Å²) >= 11 is 0. The van der Waals surface area contributed by atoms with E-state index in [1.165, 1.54) is 0 Å². The Morgan fingerprint density at radius 1 is 1.35 bits per heavy atom. The van der Waals surface area contributed by atoms with Crippen LogP contribution in [0.3, 0.4) is 0 Å². The average Bonchev–Trinajstić information content (AvgIpc) is 2.50. The SMILES string of the molecule is CC1(O)CCCN(C(=O)[C@H]2CCCNC2)CC1. The first kappa shape index (κ1) is 12.8. The minimum Gasteiger partial charge on any atom is -0.390 e. The van der Waals surface area contributed by atoms with Crippen LogP contribution in [0, 0.1) is 5.92 Å². The molecule has 1 unspecified atom stereocenters. The lowest BCUT2D eigenvalue weighted by Gasteiger charge is -2.29. The molecule has 2 aliphatic heterocycles. The van der Waals surface area contributed by atoms with Gasteiger partial charge in [-0.25, -0.2) is 0 Å². The van der Waals surface area contributed by atoms with Crippen molar-refractivity contribution in [1.29, 1.82) is 0 Å². The van der Waals surface area contributed by atoms with Crippen LogP contribution in [0.1, 0.15) is 39.0 Å². The zero-order valence-corrected chi connectivity index (χ0v) is 10.7. The molecular weight excluding hydrogens is 216 g/mol. The molecule has 2 rings (SSSR count). The van der Waals surface area contributed by atoms with Crippen LogP contribution in [-0.2, 0) is 4.79 Å². The third-order valence-corrected chi connectivity index (χ3v) is 4.02. The molecule has 4 heteroatoms. The summed E-state index contributed by atoms with van der Waals surface area (Å²) in [5.74, 6) is 0.446. The second kappa shape index (κ2) is 5.36. The summed E-state index contributed by atoms with van der Waals surface area (Å²) in [7, 11) is 0. The lowest BCUT2D eigenvalue weighted by molar-refractivity contribution is -0.136. The summed E-state index contributed by atoms with van der Waals surface area (Å²) in [5, 5.41) is 13.3. The molecular formula is C13H24N2O2. The molecule has 2 saturated heterocycles. The normalized spacial score (nSPS) is 35.4. The predicted octanol–water partition coefficient (Wildman–Crippen LogP) is 0.749. The number of aliphatic hydroxyl groups is 1. The number of carbonyl (C=O) groups is 1. The lowest BCUT2D eigenvalue weighted by Crippen LogP contribution is -2.43. The molecule has 0 bridgehead atoms. The van der Waals surface area contributed by atoms with E-state index in [0.29, 0.717) is 13.0 Å². The van der Waals surface area contributed by atoms with Gasteiger partial charge in [-0.2, -0.15) is 0 Å². The van der Waals surface area contributed by atoms with Crippen LogP contribution in [-0.4, -0.2) is 47.7 Å². The van der Waals surface area contributed by atoms with Gasteiger partial charge in [0.05, 0.1) is 11.5 Å². The molecule has 98 valence electrons. The smallest absolute Gasteiger partial charge is 0.226 e. The highest BCUT2D eigenvalue weighted by molar-refractivity contribution is 5.79. The molecule has 1 amide bonds. The summed E-state index contributed by atoms with van der Waals surface area (Å²) < 4.78 is 0. The summed E-state index contributed by atoms with van der Waals surface area (Å²) in [5.41, 5.74) is -0.583. The first-order valence-electron chi connectivity index (χ1n) is 6.80. The van der Waals surface area contributed by atoms with E-state index >= 15 is 0 Å². The van der Waals surface area contributed by atoms with E-state index in [-0.39, 0.29) is 11.8 Å². The number of nitrogens with one attached hydrogen (secondary N) is 1. The Morgan fingerprint density at radius 3 is 2.88 bits per heavy atom. The number of nitrogens with zero attached hydrogens (tertiary/aromatic N) is 1. The molecule has 0 spiro atoms. The monoisotopic (exact) mass is 240 g/mol. The molecule has 0 aromatic rings. The topological polar surface area (TPSA) is 52.6 Å². The van der Waals surface area contributed by atoms with E-state index < -0.39 is 5.60 Å². The Bertz CT molecular complexity index is 273. The van der Waals surface area contributed by atoms with Gasteiger partial charge in [-0.1, -0.05) is 0 Å². The van der Waals surface area contributed by atoms with Crippen LogP contribution >= 0.6 is 0 Å². The quantitative estimate of drug-likeness (QED) is 0.711. The van der Waals surface area contributed by atoms with E-state index in [2.05, 4.69) is 5.32 Å². The molecule has 17 heavy (non-hydrogen) atoms. The maximum Gasteiger partial charge on any atom is 0.226 e. The Labute approximate surface area is 103 Å². The second-order valence-electron chi connectivity index (χ2n) is 5.72. The molecule has 0 aliphatic carbocycles. The third-order valence-electron chi connectivity index (χ3n) is 4.02. The van der Waals surface area contributed by atoms with Crippen LogP contribution in [0.2, 0.25) is 0 Å². The molecule has 2 atom stereocenters. The fraction of sp³-hybridized carbons (Fsp3) is 0.923. The fourth-order valence-electron chi connectivity index (χ4n) is 2.80. The van der Waals surface area contributed by atoms with E-state index in [1.54, 1.807) is 0 Å². The van der Waals surface area contributed by atoms with Gasteiger partial charge in [-0.05, 0) is 45.6 Å². The summed E-state index contributed by atoms with van der Waals surface area (Å²) in [6.45, 7) is 5.27. The molecule has 0 aromatic heterocycles. The highest BCUT2D eigenvalue weighted by atomic mass is 16.3. The van der Waals surface area contributed by atoms with Crippen LogP contribution in [0.25, 0.3) is 0 Å². The van der Waals surface area contributed by atoms with Gasteiger partial charge in [-0.3, -0.25) is 4.79 Å². The van der Waals surface area contributed by atoms with Gasteiger partial charge in [0.2, 0.25) is 5.91 Å². The van der Waals surface area contributed by atoms with Gasteiger partial charge in [0, 0.05) is 19.6 Å². The number of piperidine rings is 1. The third kappa shape index (κ3) is 3.42. The maximum absolute atomic E-state index is 12.3. The van der Waals surface area contributed by atoms with E-state index in [4.69, 9.17) is 0 Å². The summed E-state index contributed by atoms with van der Waals surface area (Å²) in [6.07, 6.45) is 4.54. The Hall–Kier alpha value is -0.610. The van der Waals surface area contributed by atoms with Crippen molar-refractivity contribution in [1.82, 2.24) is 10.2 Å². The maximum atomic E-state index is 12.3. The molecule has 0 radical (unpaired) electrons. The van der Waals surface area contributed by atoms with Crippen molar-refractivity contribution >= 4 is 5.91 Å². The number of hydrogen-bond donors (Lipinski definition) is 2. The molecule has 0 aromatic carbocycles. The molecule has 2 fully saturated rings. The van der Waals surface area contributed by atoms with Gasteiger partial charge >= 0.3 is 0 Å².